The van der Waals surface area contributed by atoms with E-state index in [4.69, 9.17) is 18.9 Å². The summed E-state index contributed by atoms with van der Waals surface area (Å²) in [5.74, 6) is 2.15. The van der Waals surface area contributed by atoms with Crippen LogP contribution in [0.1, 0.15) is 5.56 Å². The third kappa shape index (κ3) is 3.61. The molecule has 29 heavy (non-hydrogen) atoms. The molecule has 0 aliphatic rings. The van der Waals surface area contributed by atoms with Crippen molar-refractivity contribution in [2.75, 3.05) is 35.0 Å². The van der Waals surface area contributed by atoms with Crippen molar-refractivity contribution in [3.63, 3.8) is 0 Å². The molecule has 0 bridgehead atoms. The summed E-state index contributed by atoms with van der Waals surface area (Å²) in [5, 5.41) is 10.8. The summed E-state index contributed by atoms with van der Waals surface area (Å²) in [6.07, 6.45) is 0.411. The predicted molar refractivity (Wildman–Crippen MR) is 112 cm³/mol. The SMILES string of the molecule is COc1cc(CCO)c(-c2cc3cc(OC)c(OC)cc3c(=O)n2C)cc1OC. The molecule has 0 saturated carbocycles. The molecule has 0 amide bonds. The lowest BCUT2D eigenvalue weighted by Crippen LogP contribution is -2.19. The lowest BCUT2D eigenvalue weighted by molar-refractivity contribution is 0.299. The molecule has 0 aliphatic carbocycles. The number of rotatable bonds is 7. The fourth-order valence-electron chi connectivity index (χ4n) is 3.48. The van der Waals surface area contributed by atoms with Gasteiger partial charge in [0.15, 0.2) is 23.0 Å². The molecule has 7 nitrogen and oxygen atoms in total. The van der Waals surface area contributed by atoms with Crippen molar-refractivity contribution in [2.45, 2.75) is 6.42 Å². The Balaban J connectivity index is 2.35. The van der Waals surface area contributed by atoms with Crippen LogP contribution >= 0.6 is 0 Å². The van der Waals surface area contributed by atoms with Crippen LogP contribution in [0.3, 0.4) is 0 Å². The van der Waals surface area contributed by atoms with E-state index in [1.165, 1.54) is 7.11 Å². The van der Waals surface area contributed by atoms with Gasteiger partial charge in [-0.15, -0.1) is 0 Å². The van der Waals surface area contributed by atoms with E-state index in [9.17, 15) is 9.90 Å². The van der Waals surface area contributed by atoms with Crippen LogP contribution < -0.4 is 24.5 Å². The molecule has 0 aliphatic heterocycles. The number of aliphatic hydroxyl groups excluding tert-OH is 1. The van der Waals surface area contributed by atoms with Crippen molar-refractivity contribution < 1.29 is 24.1 Å². The number of benzene rings is 2. The van der Waals surface area contributed by atoms with Crippen molar-refractivity contribution in [3.05, 3.63) is 46.2 Å². The van der Waals surface area contributed by atoms with Gasteiger partial charge in [-0.2, -0.15) is 0 Å². The Bertz CT molecular complexity index is 1100. The standard InChI is InChI=1S/C22H25NO6/c1-23-17(15-11-20(28-4)18(26-2)9-13(15)6-7-24)8-14-10-19(27-3)21(29-5)12-16(14)22(23)25/h8-12,24H,6-7H2,1-5H3. The second kappa shape index (κ2) is 8.45. The average Bonchev–Trinajstić information content (AvgIpc) is 2.75. The highest BCUT2D eigenvalue weighted by Crippen LogP contribution is 2.37. The maximum Gasteiger partial charge on any atom is 0.258 e. The highest BCUT2D eigenvalue weighted by Gasteiger charge is 2.18. The fraction of sp³-hybridized carbons (Fsp3) is 0.318. The molecule has 0 radical (unpaired) electrons. The molecule has 0 fully saturated rings. The Kier molecular flexibility index (Phi) is 5.98. The molecule has 0 saturated heterocycles. The van der Waals surface area contributed by atoms with Crippen molar-refractivity contribution in [1.29, 1.82) is 0 Å². The first kappa shape index (κ1) is 20.5. The number of aromatic nitrogens is 1. The van der Waals surface area contributed by atoms with Crippen LogP contribution in [0.25, 0.3) is 22.0 Å². The Morgan fingerprint density at radius 3 is 1.97 bits per heavy atom. The van der Waals surface area contributed by atoms with Crippen LogP contribution in [0, 0.1) is 0 Å². The second-order valence-corrected chi connectivity index (χ2v) is 6.53. The first-order valence-corrected chi connectivity index (χ1v) is 9.10. The van der Waals surface area contributed by atoms with Crippen molar-refractivity contribution in [1.82, 2.24) is 4.57 Å². The minimum absolute atomic E-state index is 0.0327. The highest BCUT2D eigenvalue weighted by atomic mass is 16.5. The molecular formula is C22H25NO6. The molecule has 1 heterocycles. The first-order valence-electron chi connectivity index (χ1n) is 9.10. The molecule has 2 aromatic carbocycles. The molecule has 3 rings (SSSR count). The largest absolute Gasteiger partial charge is 0.493 e. The monoisotopic (exact) mass is 399 g/mol. The number of nitrogens with zero attached hydrogens (tertiary/aromatic N) is 1. The first-order chi connectivity index (χ1) is 14.0. The normalized spacial score (nSPS) is 10.8. The molecule has 0 unspecified atom stereocenters. The zero-order valence-corrected chi connectivity index (χ0v) is 17.2. The Labute approximate surface area is 169 Å². The van der Waals surface area contributed by atoms with Crippen LogP contribution in [0.2, 0.25) is 0 Å². The van der Waals surface area contributed by atoms with E-state index in [1.54, 1.807) is 45.1 Å². The van der Waals surface area contributed by atoms with Gasteiger partial charge in [0.25, 0.3) is 5.56 Å². The summed E-state index contributed by atoms with van der Waals surface area (Å²) < 4.78 is 23.1. The van der Waals surface area contributed by atoms with E-state index in [0.29, 0.717) is 40.5 Å². The number of ether oxygens (including phenoxy) is 4. The minimum Gasteiger partial charge on any atom is -0.493 e. The lowest BCUT2D eigenvalue weighted by Gasteiger charge is -2.18. The minimum atomic E-state index is -0.164. The van der Waals surface area contributed by atoms with Gasteiger partial charge in [-0.3, -0.25) is 4.79 Å². The molecule has 0 spiro atoms. The summed E-state index contributed by atoms with van der Waals surface area (Å²) in [7, 11) is 7.93. The molecule has 1 aromatic heterocycles. The maximum atomic E-state index is 13.1. The maximum absolute atomic E-state index is 13.1. The highest BCUT2D eigenvalue weighted by molar-refractivity contribution is 5.89. The van der Waals surface area contributed by atoms with Gasteiger partial charge in [0.05, 0.1) is 39.5 Å². The van der Waals surface area contributed by atoms with Gasteiger partial charge in [-0.1, -0.05) is 0 Å². The Hall–Kier alpha value is -3.19. The van der Waals surface area contributed by atoms with Crippen molar-refractivity contribution in [3.8, 4) is 34.3 Å². The third-order valence-electron chi connectivity index (χ3n) is 5.01. The van der Waals surface area contributed by atoms with E-state index in [-0.39, 0.29) is 12.2 Å². The topological polar surface area (TPSA) is 79.2 Å². The Morgan fingerprint density at radius 2 is 1.38 bits per heavy atom. The van der Waals surface area contributed by atoms with Crippen LogP contribution in [0.15, 0.2) is 35.1 Å². The summed E-state index contributed by atoms with van der Waals surface area (Å²) >= 11 is 0. The van der Waals surface area contributed by atoms with Crippen molar-refractivity contribution in [2.24, 2.45) is 7.05 Å². The molecule has 0 atom stereocenters. The van der Waals surface area contributed by atoms with Gasteiger partial charge in [-0.25, -0.2) is 0 Å². The number of hydrogen-bond acceptors (Lipinski definition) is 6. The van der Waals surface area contributed by atoms with Crippen LogP contribution in [-0.2, 0) is 13.5 Å². The third-order valence-corrected chi connectivity index (χ3v) is 5.01. The zero-order valence-electron chi connectivity index (χ0n) is 17.2. The van der Waals surface area contributed by atoms with Crippen LogP contribution in [0.5, 0.6) is 23.0 Å². The van der Waals surface area contributed by atoms with Gasteiger partial charge in [-0.05, 0) is 47.7 Å². The molecule has 1 N–H and O–H groups in total. The molecule has 154 valence electrons. The second-order valence-electron chi connectivity index (χ2n) is 6.53. The van der Waals surface area contributed by atoms with Gasteiger partial charge in [0.2, 0.25) is 0 Å². The zero-order chi connectivity index (χ0) is 21.1. The van der Waals surface area contributed by atoms with Gasteiger partial charge < -0.3 is 28.6 Å². The summed E-state index contributed by atoms with van der Waals surface area (Å²) in [6.45, 7) is -0.0327. The summed E-state index contributed by atoms with van der Waals surface area (Å²) in [6, 6.07) is 9.04. The predicted octanol–water partition coefficient (Wildman–Crippen LogP) is 2.77. The quantitative estimate of drug-likeness (QED) is 0.658. The molecule has 7 heteroatoms. The fourth-order valence-corrected chi connectivity index (χ4v) is 3.48. The van der Waals surface area contributed by atoms with E-state index in [0.717, 1.165) is 16.5 Å². The van der Waals surface area contributed by atoms with E-state index in [2.05, 4.69) is 0 Å². The van der Waals surface area contributed by atoms with Crippen molar-refractivity contribution >= 4 is 10.8 Å². The number of fused-ring (bicyclic) bond motifs is 1. The number of methoxy groups -OCH3 is 4. The smallest absolute Gasteiger partial charge is 0.258 e. The average molecular weight is 399 g/mol. The van der Waals surface area contributed by atoms with Gasteiger partial charge in [0.1, 0.15) is 0 Å². The van der Waals surface area contributed by atoms with E-state index < -0.39 is 0 Å². The van der Waals surface area contributed by atoms with E-state index in [1.807, 2.05) is 18.2 Å². The molecular weight excluding hydrogens is 374 g/mol. The van der Waals surface area contributed by atoms with Gasteiger partial charge >= 0.3 is 0 Å². The number of hydrogen-bond donors (Lipinski definition) is 1. The van der Waals surface area contributed by atoms with E-state index >= 15 is 0 Å². The Morgan fingerprint density at radius 1 is 0.828 bits per heavy atom. The summed E-state index contributed by atoms with van der Waals surface area (Å²) in [5.41, 5.74) is 2.16. The summed E-state index contributed by atoms with van der Waals surface area (Å²) in [4.78, 5) is 13.1. The number of pyridine rings is 1. The lowest BCUT2D eigenvalue weighted by atomic mass is 9.98. The van der Waals surface area contributed by atoms with Gasteiger partial charge in [0, 0.05) is 19.2 Å². The number of aliphatic hydroxyl groups is 1. The van der Waals surface area contributed by atoms with Crippen LogP contribution in [-0.4, -0.2) is 44.7 Å². The molecule has 3 aromatic rings. The van der Waals surface area contributed by atoms with Crippen LogP contribution in [0.4, 0.5) is 0 Å².